The van der Waals surface area contributed by atoms with Crippen LogP contribution < -0.4 is 20.1 Å². The quantitative estimate of drug-likeness (QED) is 0.485. The molecule has 0 radical (unpaired) electrons. The molecule has 9 heteroatoms. The highest BCUT2D eigenvalue weighted by molar-refractivity contribution is 8.01. The van der Waals surface area contributed by atoms with E-state index in [0.29, 0.717) is 28.6 Å². The molecule has 0 spiro atoms. The Hall–Kier alpha value is -3.04. The van der Waals surface area contributed by atoms with Crippen LogP contribution in [0, 0.1) is 0 Å². The van der Waals surface area contributed by atoms with Gasteiger partial charge in [0.1, 0.15) is 11.5 Å². The first-order chi connectivity index (χ1) is 14.6. The summed E-state index contributed by atoms with van der Waals surface area (Å²) in [6.07, 6.45) is 0.144. The lowest BCUT2D eigenvalue weighted by atomic mass is 10.2. The van der Waals surface area contributed by atoms with Crippen molar-refractivity contribution in [2.45, 2.75) is 10.8 Å². The van der Waals surface area contributed by atoms with Gasteiger partial charge in [-0.15, -0.1) is 11.3 Å². The second-order valence-electron chi connectivity index (χ2n) is 6.10. The molecule has 2 amide bonds. The maximum atomic E-state index is 12.3. The molecule has 2 N–H and O–H groups in total. The van der Waals surface area contributed by atoms with Gasteiger partial charge >= 0.3 is 0 Å². The fraction of sp³-hybridized carbons (Fsp3) is 0.190. The van der Waals surface area contributed by atoms with Crippen molar-refractivity contribution >= 4 is 46.3 Å². The Kier molecular flexibility index (Phi) is 7.69. The van der Waals surface area contributed by atoms with Gasteiger partial charge in [0.25, 0.3) is 0 Å². The van der Waals surface area contributed by atoms with Gasteiger partial charge in [-0.3, -0.25) is 9.59 Å². The van der Waals surface area contributed by atoms with Crippen molar-refractivity contribution < 1.29 is 19.1 Å². The SMILES string of the molecule is COc1cccc(NC(=O)CSc2nc(CC(=O)Nc3ccccc3OC)cs2)c1. The van der Waals surface area contributed by atoms with E-state index in [0.717, 1.165) is 4.34 Å². The lowest BCUT2D eigenvalue weighted by Crippen LogP contribution is -2.15. The van der Waals surface area contributed by atoms with Gasteiger partial charge in [-0.2, -0.15) is 0 Å². The molecule has 0 aliphatic carbocycles. The summed E-state index contributed by atoms with van der Waals surface area (Å²) in [6.45, 7) is 0. The van der Waals surface area contributed by atoms with Gasteiger partial charge in [0.15, 0.2) is 4.34 Å². The molecular formula is C21H21N3O4S2. The van der Waals surface area contributed by atoms with E-state index in [-0.39, 0.29) is 24.0 Å². The van der Waals surface area contributed by atoms with Crippen LogP contribution in [0.15, 0.2) is 58.3 Å². The third kappa shape index (κ3) is 6.23. The number of methoxy groups -OCH3 is 2. The summed E-state index contributed by atoms with van der Waals surface area (Å²) in [7, 11) is 3.13. The van der Waals surface area contributed by atoms with Crippen molar-refractivity contribution in [2.75, 3.05) is 30.6 Å². The van der Waals surface area contributed by atoms with Gasteiger partial charge in [-0.1, -0.05) is 30.0 Å². The third-order valence-corrected chi connectivity index (χ3v) is 6.00. The molecule has 0 saturated heterocycles. The zero-order chi connectivity index (χ0) is 21.3. The van der Waals surface area contributed by atoms with E-state index in [4.69, 9.17) is 9.47 Å². The van der Waals surface area contributed by atoms with Crippen LogP contribution in [-0.4, -0.2) is 36.8 Å². The number of aromatic nitrogens is 1. The van der Waals surface area contributed by atoms with E-state index < -0.39 is 0 Å². The number of thioether (sulfide) groups is 1. The number of amides is 2. The first kappa shape index (κ1) is 21.7. The first-order valence-corrected chi connectivity index (χ1v) is 10.9. The molecule has 1 heterocycles. The van der Waals surface area contributed by atoms with Crippen LogP contribution in [0.4, 0.5) is 11.4 Å². The summed E-state index contributed by atoms with van der Waals surface area (Å²) in [5.41, 5.74) is 1.94. The van der Waals surface area contributed by atoms with Gasteiger partial charge in [0.2, 0.25) is 11.8 Å². The molecule has 0 atom stereocenters. The number of carbonyl (C=O) groups excluding carboxylic acids is 2. The average Bonchev–Trinajstić information content (AvgIpc) is 3.20. The minimum atomic E-state index is -0.183. The molecule has 3 aromatic rings. The third-order valence-electron chi connectivity index (χ3n) is 3.93. The van der Waals surface area contributed by atoms with Gasteiger partial charge in [0, 0.05) is 17.1 Å². The van der Waals surface area contributed by atoms with E-state index in [2.05, 4.69) is 15.6 Å². The lowest BCUT2D eigenvalue weighted by Gasteiger charge is -2.09. The van der Waals surface area contributed by atoms with Gasteiger partial charge in [-0.25, -0.2) is 4.98 Å². The monoisotopic (exact) mass is 443 g/mol. The Balaban J connectivity index is 1.48. The molecule has 0 fully saturated rings. The molecule has 156 valence electrons. The molecule has 1 aromatic heterocycles. The minimum absolute atomic E-state index is 0.140. The predicted molar refractivity (Wildman–Crippen MR) is 120 cm³/mol. The summed E-state index contributed by atoms with van der Waals surface area (Å²) >= 11 is 2.74. The zero-order valence-corrected chi connectivity index (χ0v) is 18.1. The summed E-state index contributed by atoms with van der Waals surface area (Å²) in [4.78, 5) is 28.9. The molecule has 0 bridgehead atoms. The second kappa shape index (κ2) is 10.7. The highest BCUT2D eigenvalue weighted by Gasteiger charge is 2.12. The molecule has 0 saturated carbocycles. The summed E-state index contributed by atoms with van der Waals surface area (Å²) in [5.74, 6) is 1.17. The zero-order valence-electron chi connectivity index (χ0n) is 16.5. The maximum Gasteiger partial charge on any atom is 0.234 e. The number of carbonyl (C=O) groups is 2. The van der Waals surface area contributed by atoms with Gasteiger partial charge in [0.05, 0.1) is 37.8 Å². The van der Waals surface area contributed by atoms with Crippen LogP contribution in [0.3, 0.4) is 0 Å². The normalized spacial score (nSPS) is 10.3. The van der Waals surface area contributed by atoms with Crippen molar-refractivity contribution in [3.63, 3.8) is 0 Å². The topological polar surface area (TPSA) is 89.5 Å². The summed E-state index contributed by atoms with van der Waals surface area (Å²) in [5, 5.41) is 7.47. The van der Waals surface area contributed by atoms with Crippen molar-refractivity contribution in [3.8, 4) is 11.5 Å². The molecular weight excluding hydrogens is 422 g/mol. The number of nitrogens with one attached hydrogen (secondary N) is 2. The number of nitrogens with zero attached hydrogens (tertiary/aromatic N) is 1. The fourth-order valence-electron chi connectivity index (χ4n) is 2.57. The van der Waals surface area contributed by atoms with Crippen LogP contribution in [0.25, 0.3) is 0 Å². The second-order valence-corrected chi connectivity index (χ2v) is 8.18. The minimum Gasteiger partial charge on any atom is -0.497 e. The maximum absolute atomic E-state index is 12.3. The van der Waals surface area contributed by atoms with Gasteiger partial charge < -0.3 is 20.1 Å². The molecule has 0 unspecified atom stereocenters. The molecule has 7 nitrogen and oxygen atoms in total. The molecule has 0 aliphatic rings. The summed E-state index contributed by atoms with van der Waals surface area (Å²) in [6, 6.07) is 14.4. The molecule has 3 rings (SSSR count). The Bertz CT molecular complexity index is 1020. The van der Waals surface area contributed by atoms with Crippen LogP contribution >= 0.6 is 23.1 Å². The van der Waals surface area contributed by atoms with Crippen LogP contribution in [-0.2, 0) is 16.0 Å². The largest absolute Gasteiger partial charge is 0.497 e. The van der Waals surface area contributed by atoms with Crippen molar-refractivity contribution in [2.24, 2.45) is 0 Å². The predicted octanol–water partition coefficient (Wildman–Crippen LogP) is 4.07. The standard InChI is InChI=1S/C21H21N3O4S2/c1-27-16-7-5-6-14(10-16)22-20(26)13-30-21-23-15(12-29-21)11-19(25)24-17-8-3-4-9-18(17)28-2/h3-10,12H,11,13H2,1-2H3,(H,22,26)(H,24,25). The number of hydrogen-bond donors (Lipinski definition) is 2. The smallest absolute Gasteiger partial charge is 0.234 e. The number of thiazole rings is 1. The number of ether oxygens (including phenoxy) is 2. The molecule has 30 heavy (non-hydrogen) atoms. The number of anilines is 2. The Labute approximate surface area is 182 Å². The van der Waals surface area contributed by atoms with Crippen molar-refractivity contribution in [1.29, 1.82) is 0 Å². The molecule has 2 aromatic carbocycles. The van der Waals surface area contributed by atoms with Crippen LogP contribution in [0.2, 0.25) is 0 Å². The Morgan fingerprint density at radius 1 is 1.03 bits per heavy atom. The first-order valence-electron chi connectivity index (χ1n) is 9.01. The fourth-order valence-corrected chi connectivity index (χ4v) is 4.21. The van der Waals surface area contributed by atoms with E-state index in [1.165, 1.54) is 23.1 Å². The average molecular weight is 444 g/mol. The Morgan fingerprint density at radius 3 is 2.67 bits per heavy atom. The van der Waals surface area contributed by atoms with E-state index >= 15 is 0 Å². The summed E-state index contributed by atoms with van der Waals surface area (Å²) < 4.78 is 11.1. The highest BCUT2D eigenvalue weighted by Crippen LogP contribution is 2.25. The number of rotatable bonds is 9. The Morgan fingerprint density at radius 2 is 1.87 bits per heavy atom. The molecule has 0 aliphatic heterocycles. The number of benzene rings is 2. The van der Waals surface area contributed by atoms with E-state index in [1.807, 2.05) is 29.6 Å². The van der Waals surface area contributed by atoms with E-state index in [9.17, 15) is 9.59 Å². The number of hydrogen-bond acceptors (Lipinski definition) is 7. The van der Waals surface area contributed by atoms with Gasteiger partial charge in [-0.05, 0) is 24.3 Å². The lowest BCUT2D eigenvalue weighted by molar-refractivity contribution is -0.116. The van der Waals surface area contributed by atoms with E-state index in [1.54, 1.807) is 38.5 Å². The van der Waals surface area contributed by atoms with Crippen LogP contribution in [0.5, 0.6) is 11.5 Å². The van der Waals surface area contributed by atoms with Crippen LogP contribution in [0.1, 0.15) is 5.69 Å². The number of para-hydroxylation sites is 2. The van der Waals surface area contributed by atoms with Crippen molar-refractivity contribution in [1.82, 2.24) is 4.98 Å². The van der Waals surface area contributed by atoms with Crippen molar-refractivity contribution in [3.05, 3.63) is 59.6 Å². The highest BCUT2D eigenvalue weighted by atomic mass is 32.2.